The predicted octanol–water partition coefficient (Wildman–Crippen LogP) is 4.31. The fourth-order valence-corrected chi connectivity index (χ4v) is 3.61. The number of hydrogen-bond donors (Lipinski definition) is 0. The molecule has 1 fully saturated rings. The number of hydrogen-bond acceptors (Lipinski definition) is 1. The Morgan fingerprint density at radius 2 is 1.89 bits per heavy atom. The molecule has 1 aromatic rings. The van der Waals surface area contributed by atoms with Crippen LogP contribution in [0.25, 0.3) is 0 Å². The molecule has 0 N–H and O–H groups in total. The average Bonchev–Trinajstić information content (AvgIpc) is 2.69. The molecule has 1 heterocycles. The monoisotopic (exact) mass is 335 g/mol. The molecule has 2 atom stereocenters. The number of alkyl halides is 4. The Balaban J connectivity index is 2.04. The van der Waals surface area contributed by atoms with Gasteiger partial charge >= 0.3 is 6.18 Å². The Hall–Kier alpha value is -0.550. The second-order valence-electron chi connectivity index (χ2n) is 5.15. The molecule has 0 saturated carbocycles. The minimum Gasteiger partial charge on any atom is -0.295 e. The van der Waals surface area contributed by atoms with Crippen LogP contribution in [0.5, 0.6) is 0 Å². The van der Waals surface area contributed by atoms with E-state index in [2.05, 4.69) is 27.8 Å². The average molecular weight is 336 g/mol. The molecule has 1 saturated heterocycles. The van der Waals surface area contributed by atoms with Gasteiger partial charge in [-0.15, -0.1) is 0 Å². The maximum absolute atomic E-state index is 12.5. The van der Waals surface area contributed by atoms with Crippen molar-refractivity contribution in [2.75, 3.05) is 11.9 Å². The lowest BCUT2D eigenvalue weighted by atomic mass is 10.0. The molecular formula is C14H17BrF3N. The highest BCUT2D eigenvalue weighted by molar-refractivity contribution is 9.09. The molecule has 1 aliphatic heterocycles. The number of halogens is 4. The molecule has 1 nitrogen and oxygen atoms in total. The maximum Gasteiger partial charge on any atom is 0.416 e. The summed E-state index contributed by atoms with van der Waals surface area (Å²) in [4.78, 5) is 2.34. The van der Waals surface area contributed by atoms with Crippen molar-refractivity contribution in [1.29, 1.82) is 0 Å². The van der Waals surface area contributed by atoms with Gasteiger partial charge < -0.3 is 0 Å². The van der Waals surface area contributed by atoms with Gasteiger partial charge in [-0.3, -0.25) is 4.90 Å². The first-order valence-electron chi connectivity index (χ1n) is 6.38. The summed E-state index contributed by atoms with van der Waals surface area (Å²) in [6, 6.07) is 5.96. The van der Waals surface area contributed by atoms with E-state index in [-0.39, 0.29) is 0 Å². The van der Waals surface area contributed by atoms with E-state index in [1.54, 1.807) is 12.1 Å². The summed E-state index contributed by atoms with van der Waals surface area (Å²) in [6.07, 6.45) is -3.10. The van der Waals surface area contributed by atoms with Crippen LogP contribution < -0.4 is 0 Å². The van der Waals surface area contributed by atoms with Crippen molar-refractivity contribution in [3.8, 4) is 0 Å². The quantitative estimate of drug-likeness (QED) is 0.744. The van der Waals surface area contributed by atoms with Gasteiger partial charge in [0.05, 0.1) is 5.56 Å². The first-order chi connectivity index (χ1) is 8.91. The summed E-state index contributed by atoms with van der Waals surface area (Å²) in [5.41, 5.74) is 0.358. The van der Waals surface area contributed by atoms with Crippen LogP contribution in [-0.2, 0) is 12.7 Å². The van der Waals surface area contributed by atoms with Gasteiger partial charge in [0.2, 0.25) is 0 Å². The Morgan fingerprint density at radius 1 is 1.26 bits per heavy atom. The largest absolute Gasteiger partial charge is 0.416 e. The molecule has 0 spiro atoms. The molecule has 0 bridgehead atoms. The zero-order valence-corrected chi connectivity index (χ0v) is 12.3. The lowest BCUT2D eigenvalue weighted by molar-refractivity contribution is -0.137. The number of rotatable bonds is 3. The fourth-order valence-electron chi connectivity index (χ4n) is 2.57. The van der Waals surface area contributed by atoms with Gasteiger partial charge in [0, 0.05) is 17.9 Å². The Kier molecular flexibility index (Phi) is 4.56. The highest BCUT2D eigenvalue weighted by Crippen LogP contribution is 2.30. The summed E-state index contributed by atoms with van der Waals surface area (Å²) >= 11 is 3.52. The van der Waals surface area contributed by atoms with Crippen molar-refractivity contribution >= 4 is 15.9 Å². The third-order valence-corrected chi connectivity index (χ3v) is 4.49. The zero-order valence-electron chi connectivity index (χ0n) is 10.8. The Labute approximate surface area is 119 Å². The van der Waals surface area contributed by atoms with E-state index < -0.39 is 11.7 Å². The van der Waals surface area contributed by atoms with Crippen molar-refractivity contribution in [2.45, 2.75) is 32.1 Å². The van der Waals surface area contributed by atoms with Crippen LogP contribution in [0.15, 0.2) is 24.3 Å². The van der Waals surface area contributed by atoms with Crippen LogP contribution in [0.4, 0.5) is 13.2 Å². The van der Waals surface area contributed by atoms with Crippen molar-refractivity contribution in [2.24, 2.45) is 5.92 Å². The standard InChI is InChI=1S/C14H17BrF3N/c1-10-6-7-19(13(10)8-15)9-11-2-4-12(5-3-11)14(16,17)18/h2-5,10,13H,6-9H2,1H3. The lowest BCUT2D eigenvalue weighted by Gasteiger charge is -2.25. The second kappa shape index (κ2) is 5.83. The SMILES string of the molecule is CC1CCN(Cc2ccc(C(F)(F)F)cc2)C1CBr. The van der Waals surface area contributed by atoms with Crippen LogP contribution in [0.1, 0.15) is 24.5 Å². The number of likely N-dealkylation sites (tertiary alicyclic amines) is 1. The molecule has 1 aliphatic rings. The summed E-state index contributed by atoms with van der Waals surface area (Å²) in [5, 5.41) is 0.912. The third kappa shape index (κ3) is 3.51. The van der Waals surface area contributed by atoms with Gasteiger partial charge in [-0.2, -0.15) is 13.2 Å². The van der Waals surface area contributed by atoms with Crippen molar-refractivity contribution in [3.63, 3.8) is 0 Å². The summed E-state index contributed by atoms with van der Waals surface area (Å²) in [7, 11) is 0. The maximum atomic E-state index is 12.5. The second-order valence-corrected chi connectivity index (χ2v) is 5.80. The summed E-state index contributed by atoms with van der Waals surface area (Å²) in [6.45, 7) is 3.95. The third-order valence-electron chi connectivity index (χ3n) is 3.82. The van der Waals surface area contributed by atoms with Gasteiger partial charge in [0.1, 0.15) is 0 Å². The molecule has 0 aromatic heterocycles. The van der Waals surface area contributed by atoms with Crippen LogP contribution in [0.3, 0.4) is 0 Å². The van der Waals surface area contributed by atoms with Gasteiger partial charge in [-0.05, 0) is 36.6 Å². The zero-order chi connectivity index (χ0) is 14.0. The molecule has 0 amide bonds. The van der Waals surface area contributed by atoms with E-state index in [4.69, 9.17) is 0 Å². The molecule has 5 heteroatoms. The minimum atomic E-state index is -4.25. The lowest BCUT2D eigenvalue weighted by Crippen LogP contribution is -2.32. The molecule has 2 rings (SSSR count). The molecule has 106 valence electrons. The van der Waals surface area contributed by atoms with Crippen molar-refractivity contribution in [3.05, 3.63) is 35.4 Å². The van der Waals surface area contributed by atoms with Crippen molar-refractivity contribution < 1.29 is 13.2 Å². The fraction of sp³-hybridized carbons (Fsp3) is 0.571. The first kappa shape index (κ1) is 14.9. The van der Waals surface area contributed by atoms with E-state index >= 15 is 0 Å². The number of benzene rings is 1. The molecule has 2 unspecified atom stereocenters. The molecule has 0 aliphatic carbocycles. The molecule has 1 aromatic carbocycles. The molecule has 19 heavy (non-hydrogen) atoms. The van der Waals surface area contributed by atoms with Crippen LogP contribution in [0.2, 0.25) is 0 Å². The summed E-state index contributed by atoms with van der Waals surface area (Å²) < 4.78 is 37.4. The van der Waals surface area contributed by atoms with Crippen LogP contribution in [-0.4, -0.2) is 22.8 Å². The van der Waals surface area contributed by atoms with Gasteiger partial charge in [-0.1, -0.05) is 35.0 Å². The predicted molar refractivity (Wildman–Crippen MR) is 73.2 cm³/mol. The smallest absolute Gasteiger partial charge is 0.295 e. The topological polar surface area (TPSA) is 3.24 Å². The van der Waals surface area contributed by atoms with Gasteiger partial charge in [0.15, 0.2) is 0 Å². The van der Waals surface area contributed by atoms with Crippen LogP contribution >= 0.6 is 15.9 Å². The first-order valence-corrected chi connectivity index (χ1v) is 7.50. The normalized spacial score (nSPS) is 24.9. The van der Waals surface area contributed by atoms with E-state index in [9.17, 15) is 13.2 Å². The Morgan fingerprint density at radius 3 is 2.42 bits per heavy atom. The van der Waals surface area contributed by atoms with E-state index in [0.29, 0.717) is 12.0 Å². The van der Waals surface area contributed by atoms with Crippen molar-refractivity contribution in [1.82, 2.24) is 4.90 Å². The molecule has 0 radical (unpaired) electrons. The minimum absolute atomic E-state index is 0.474. The summed E-state index contributed by atoms with van der Waals surface area (Å²) in [5.74, 6) is 0.633. The Bertz CT molecular complexity index is 416. The van der Waals surface area contributed by atoms with Gasteiger partial charge in [-0.25, -0.2) is 0 Å². The highest BCUT2D eigenvalue weighted by Gasteiger charge is 2.31. The molecular weight excluding hydrogens is 319 g/mol. The highest BCUT2D eigenvalue weighted by atomic mass is 79.9. The van der Waals surface area contributed by atoms with Gasteiger partial charge in [0.25, 0.3) is 0 Å². The van der Waals surface area contributed by atoms with E-state index in [0.717, 1.165) is 42.5 Å². The van der Waals surface area contributed by atoms with Crippen LogP contribution in [0, 0.1) is 5.92 Å². The van der Waals surface area contributed by atoms with E-state index in [1.165, 1.54) is 0 Å². The number of nitrogens with zero attached hydrogens (tertiary/aromatic N) is 1. The van der Waals surface area contributed by atoms with E-state index in [1.807, 2.05) is 0 Å².